The number of halogens is 1. The summed E-state index contributed by atoms with van der Waals surface area (Å²) in [5.41, 5.74) is 1.18. The van der Waals surface area contributed by atoms with E-state index in [9.17, 15) is 5.11 Å². The molecule has 0 aromatic heterocycles. The van der Waals surface area contributed by atoms with Crippen LogP contribution in [-0.4, -0.2) is 17.8 Å². The summed E-state index contributed by atoms with van der Waals surface area (Å²) in [5, 5.41) is 13.9. The lowest BCUT2D eigenvalue weighted by Crippen LogP contribution is -2.33. The molecule has 0 radical (unpaired) electrons. The first-order valence-electron chi connectivity index (χ1n) is 6.21. The lowest BCUT2D eigenvalue weighted by Gasteiger charge is -2.21. The molecule has 1 rings (SSSR count). The fourth-order valence-electron chi connectivity index (χ4n) is 1.72. The molecular formula is C14H22ClNO. The van der Waals surface area contributed by atoms with Gasteiger partial charge in [0.05, 0.1) is 6.10 Å². The Morgan fingerprint density at radius 1 is 1.35 bits per heavy atom. The maximum absolute atomic E-state index is 9.78. The van der Waals surface area contributed by atoms with Crippen LogP contribution < -0.4 is 5.32 Å². The van der Waals surface area contributed by atoms with Crippen molar-refractivity contribution < 1.29 is 5.11 Å². The number of aliphatic hydroxyl groups excluding tert-OH is 1. The first-order valence-corrected chi connectivity index (χ1v) is 6.59. The summed E-state index contributed by atoms with van der Waals surface area (Å²) >= 11 is 5.98. The van der Waals surface area contributed by atoms with Crippen molar-refractivity contribution in [2.24, 2.45) is 5.92 Å². The molecule has 2 unspecified atom stereocenters. The Hall–Kier alpha value is -0.570. The van der Waals surface area contributed by atoms with Gasteiger partial charge in [-0.25, -0.2) is 0 Å². The third-order valence-electron chi connectivity index (χ3n) is 3.00. The summed E-state index contributed by atoms with van der Waals surface area (Å²) in [4.78, 5) is 0. The molecule has 17 heavy (non-hydrogen) atoms. The van der Waals surface area contributed by atoms with Crippen molar-refractivity contribution in [2.75, 3.05) is 6.54 Å². The Kier molecular flexibility index (Phi) is 5.96. The molecule has 0 saturated carbocycles. The molecule has 0 fully saturated rings. The normalized spacial score (nSPS) is 14.9. The molecule has 0 saturated heterocycles. The highest BCUT2D eigenvalue weighted by atomic mass is 35.5. The van der Waals surface area contributed by atoms with Gasteiger partial charge in [0.1, 0.15) is 0 Å². The second-order valence-corrected chi connectivity index (χ2v) is 5.17. The molecule has 0 spiro atoms. The maximum atomic E-state index is 9.78. The predicted octanol–water partition coefficient (Wildman–Crippen LogP) is 3.40. The quantitative estimate of drug-likeness (QED) is 0.817. The zero-order valence-corrected chi connectivity index (χ0v) is 11.5. The Morgan fingerprint density at radius 3 is 2.59 bits per heavy atom. The predicted molar refractivity (Wildman–Crippen MR) is 73.3 cm³/mol. The summed E-state index contributed by atoms with van der Waals surface area (Å²) < 4.78 is 0. The van der Waals surface area contributed by atoms with Gasteiger partial charge in [-0.05, 0) is 30.0 Å². The van der Waals surface area contributed by atoms with Crippen molar-refractivity contribution in [2.45, 2.75) is 39.3 Å². The van der Waals surface area contributed by atoms with Gasteiger partial charge in [0.15, 0.2) is 0 Å². The SMILES string of the molecule is CCC(NCC(O)C(C)C)c1cccc(Cl)c1. The number of nitrogens with one attached hydrogen (secondary N) is 1. The molecule has 1 aromatic rings. The molecule has 0 aliphatic heterocycles. The van der Waals surface area contributed by atoms with E-state index in [0.717, 1.165) is 11.4 Å². The summed E-state index contributed by atoms with van der Waals surface area (Å²) in [6.45, 7) is 6.78. The van der Waals surface area contributed by atoms with Crippen LogP contribution in [0.3, 0.4) is 0 Å². The molecule has 3 heteroatoms. The van der Waals surface area contributed by atoms with Crippen LogP contribution >= 0.6 is 11.6 Å². The van der Waals surface area contributed by atoms with Crippen molar-refractivity contribution in [3.05, 3.63) is 34.9 Å². The third kappa shape index (κ3) is 4.66. The van der Waals surface area contributed by atoms with Gasteiger partial charge in [-0.15, -0.1) is 0 Å². The fraction of sp³-hybridized carbons (Fsp3) is 0.571. The average molecular weight is 256 g/mol. The van der Waals surface area contributed by atoms with Gasteiger partial charge in [-0.1, -0.05) is 44.5 Å². The minimum Gasteiger partial charge on any atom is -0.392 e. The van der Waals surface area contributed by atoms with Gasteiger partial charge < -0.3 is 10.4 Å². The molecule has 0 heterocycles. The van der Waals surface area contributed by atoms with Gasteiger partial charge >= 0.3 is 0 Å². The maximum Gasteiger partial charge on any atom is 0.0687 e. The molecule has 96 valence electrons. The number of hydrogen-bond acceptors (Lipinski definition) is 2. The molecule has 2 N–H and O–H groups in total. The zero-order valence-electron chi connectivity index (χ0n) is 10.8. The Morgan fingerprint density at radius 2 is 2.06 bits per heavy atom. The van der Waals surface area contributed by atoms with Crippen molar-refractivity contribution in [3.63, 3.8) is 0 Å². The van der Waals surface area contributed by atoms with Crippen LogP contribution in [0.5, 0.6) is 0 Å². The third-order valence-corrected chi connectivity index (χ3v) is 3.24. The van der Waals surface area contributed by atoms with Crippen LogP contribution in [0, 0.1) is 5.92 Å². The van der Waals surface area contributed by atoms with Crippen molar-refractivity contribution in [1.29, 1.82) is 0 Å². The molecule has 0 aliphatic carbocycles. The van der Waals surface area contributed by atoms with Crippen molar-refractivity contribution in [1.82, 2.24) is 5.32 Å². The number of aliphatic hydroxyl groups is 1. The zero-order chi connectivity index (χ0) is 12.8. The van der Waals surface area contributed by atoms with Crippen LogP contribution in [0.4, 0.5) is 0 Å². The fourth-order valence-corrected chi connectivity index (χ4v) is 1.92. The Balaban J connectivity index is 2.60. The first-order chi connectivity index (χ1) is 8.04. The van der Waals surface area contributed by atoms with E-state index in [1.165, 1.54) is 5.56 Å². The second-order valence-electron chi connectivity index (χ2n) is 4.74. The Labute approximate surface area is 109 Å². The summed E-state index contributed by atoms with van der Waals surface area (Å²) in [6.07, 6.45) is 0.675. The number of rotatable bonds is 6. The molecule has 2 nitrogen and oxygen atoms in total. The van der Waals surface area contributed by atoms with Gasteiger partial charge in [0, 0.05) is 17.6 Å². The van der Waals surface area contributed by atoms with E-state index in [1.54, 1.807) is 0 Å². The van der Waals surface area contributed by atoms with Crippen LogP contribution in [0.25, 0.3) is 0 Å². The molecule has 0 bridgehead atoms. The van der Waals surface area contributed by atoms with Gasteiger partial charge in [-0.3, -0.25) is 0 Å². The van der Waals surface area contributed by atoms with Crippen LogP contribution in [0.15, 0.2) is 24.3 Å². The average Bonchev–Trinajstić information content (AvgIpc) is 2.29. The Bertz CT molecular complexity index is 341. The number of hydrogen-bond donors (Lipinski definition) is 2. The smallest absolute Gasteiger partial charge is 0.0687 e. The van der Waals surface area contributed by atoms with Crippen LogP contribution in [0.2, 0.25) is 5.02 Å². The van der Waals surface area contributed by atoms with Crippen molar-refractivity contribution in [3.8, 4) is 0 Å². The monoisotopic (exact) mass is 255 g/mol. The lowest BCUT2D eigenvalue weighted by molar-refractivity contribution is 0.120. The first kappa shape index (κ1) is 14.5. The molecule has 0 amide bonds. The highest BCUT2D eigenvalue weighted by molar-refractivity contribution is 6.30. The van der Waals surface area contributed by atoms with E-state index in [-0.39, 0.29) is 18.1 Å². The summed E-state index contributed by atoms with van der Waals surface area (Å²) in [7, 11) is 0. The van der Waals surface area contributed by atoms with Gasteiger partial charge in [0.2, 0.25) is 0 Å². The molecule has 2 atom stereocenters. The minimum atomic E-state index is -0.303. The minimum absolute atomic E-state index is 0.252. The second kappa shape index (κ2) is 7.00. The summed E-state index contributed by atoms with van der Waals surface area (Å²) in [6, 6.07) is 8.13. The largest absolute Gasteiger partial charge is 0.392 e. The topological polar surface area (TPSA) is 32.3 Å². The van der Waals surface area contributed by atoms with Crippen molar-refractivity contribution >= 4 is 11.6 Å². The van der Waals surface area contributed by atoms with Crippen LogP contribution in [0.1, 0.15) is 38.8 Å². The summed E-state index contributed by atoms with van der Waals surface area (Å²) in [5.74, 6) is 0.277. The van der Waals surface area contributed by atoms with Gasteiger partial charge in [-0.2, -0.15) is 0 Å². The lowest BCUT2D eigenvalue weighted by atomic mass is 10.0. The molecule has 0 aliphatic rings. The molecular weight excluding hydrogens is 234 g/mol. The van der Waals surface area contributed by atoms with E-state index in [0.29, 0.717) is 6.54 Å². The number of benzene rings is 1. The standard InChI is InChI=1S/C14H22ClNO/c1-4-13(16-9-14(17)10(2)3)11-6-5-7-12(15)8-11/h5-8,10,13-14,16-17H,4,9H2,1-3H3. The van der Waals surface area contributed by atoms with E-state index >= 15 is 0 Å². The highest BCUT2D eigenvalue weighted by Gasteiger charge is 2.13. The highest BCUT2D eigenvalue weighted by Crippen LogP contribution is 2.20. The van der Waals surface area contributed by atoms with Crippen LogP contribution in [-0.2, 0) is 0 Å². The molecule has 1 aromatic carbocycles. The van der Waals surface area contributed by atoms with Gasteiger partial charge in [0.25, 0.3) is 0 Å². The van der Waals surface area contributed by atoms with E-state index in [4.69, 9.17) is 11.6 Å². The van der Waals surface area contributed by atoms with E-state index in [1.807, 2.05) is 32.0 Å². The van der Waals surface area contributed by atoms with E-state index in [2.05, 4.69) is 18.3 Å². The van der Waals surface area contributed by atoms with E-state index < -0.39 is 0 Å².